The first-order valence-corrected chi connectivity index (χ1v) is 6.81. The molecule has 0 bridgehead atoms. The highest BCUT2D eigenvalue weighted by atomic mass is 16.2. The van der Waals surface area contributed by atoms with Gasteiger partial charge in [-0.05, 0) is 51.0 Å². The molecular formula is C13H24N2O. The Morgan fingerprint density at radius 1 is 1.19 bits per heavy atom. The number of hydrogen-bond acceptors (Lipinski definition) is 2. The van der Waals surface area contributed by atoms with E-state index in [0.717, 1.165) is 25.8 Å². The van der Waals surface area contributed by atoms with Crippen LogP contribution in [0.2, 0.25) is 0 Å². The summed E-state index contributed by atoms with van der Waals surface area (Å²) in [6, 6.07) is 0.436. The molecule has 3 heteroatoms. The van der Waals surface area contributed by atoms with E-state index in [1.165, 1.54) is 32.1 Å². The van der Waals surface area contributed by atoms with E-state index in [1.54, 1.807) is 0 Å². The molecule has 0 aromatic rings. The van der Waals surface area contributed by atoms with Crippen LogP contribution in [0.25, 0.3) is 0 Å². The lowest BCUT2D eigenvalue weighted by Crippen LogP contribution is -2.45. The topological polar surface area (TPSA) is 46.3 Å². The zero-order valence-electron chi connectivity index (χ0n) is 10.2. The zero-order valence-corrected chi connectivity index (χ0v) is 10.2. The smallest absolute Gasteiger partial charge is 0.223 e. The molecule has 1 atom stereocenters. The van der Waals surface area contributed by atoms with Gasteiger partial charge in [0.15, 0.2) is 0 Å². The second-order valence-corrected chi connectivity index (χ2v) is 5.32. The summed E-state index contributed by atoms with van der Waals surface area (Å²) >= 11 is 0. The summed E-state index contributed by atoms with van der Waals surface area (Å²) in [4.78, 5) is 14.3. The maximum Gasteiger partial charge on any atom is 0.223 e. The molecule has 0 aromatic heterocycles. The van der Waals surface area contributed by atoms with Gasteiger partial charge >= 0.3 is 0 Å². The van der Waals surface area contributed by atoms with Crippen molar-refractivity contribution in [2.75, 3.05) is 13.1 Å². The van der Waals surface area contributed by atoms with Crippen molar-refractivity contribution in [3.05, 3.63) is 0 Å². The third-order valence-corrected chi connectivity index (χ3v) is 4.14. The molecule has 1 aliphatic carbocycles. The number of amides is 1. The molecule has 0 aromatic carbocycles. The summed E-state index contributed by atoms with van der Waals surface area (Å²) in [5.41, 5.74) is 5.62. The van der Waals surface area contributed by atoms with Crippen molar-refractivity contribution in [2.45, 2.75) is 57.4 Å². The standard InChI is InChI=1S/C13H24N2O/c14-8-7-12-6-1-2-9-15(12)13(16)10-11-4-3-5-11/h11-12H,1-10,14H2. The van der Waals surface area contributed by atoms with E-state index < -0.39 is 0 Å². The number of piperidine rings is 1. The van der Waals surface area contributed by atoms with E-state index in [-0.39, 0.29) is 0 Å². The lowest BCUT2D eigenvalue weighted by Gasteiger charge is -2.37. The number of carbonyl (C=O) groups is 1. The number of nitrogens with two attached hydrogens (primary N) is 1. The monoisotopic (exact) mass is 224 g/mol. The van der Waals surface area contributed by atoms with Gasteiger partial charge in [0, 0.05) is 19.0 Å². The average molecular weight is 224 g/mol. The van der Waals surface area contributed by atoms with Crippen molar-refractivity contribution in [1.29, 1.82) is 0 Å². The van der Waals surface area contributed by atoms with Crippen LogP contribution in [0.4, 0.5) is 0 Å². The van der Waals surface area contributed by atoms with Gasteiger partial charge < -0.3 is 10.6 Å². The van der Waals surface area contributed by atoms with E-state index in [1.807, 2.05) is 0 Å². The van der Waals surface area contributed by atoms with Gasteiger partial charge in [-0.25, -0.2) is 0 Å². The number of nitrogens with zero attached hydrogens (tertiary/aromatic N) is 1. The predicted octanol–water partition coefficient (Wildman–Crippen LogP) is 1.91. The minimum Gasteiger partial charge on any atom is -0.340 e. The summed E-state index contributed by atoms with van der Waals surface area (Å²) in [5, 5.41) is 0. The molecule has 3 nitrogen and oxygen atoms in total. The quantitative estimate of drug-likeness (QED) is 0.793. The van der Waals surface area contributed by atoms with Gasteiger partial charge in [-0.3, -0.25) is 4.79 Å². The third kappa shape index (κ3) is 2.76. The number of hydrogen-bond donors (Lipinski definition) is 1. The van der Waals surface area contributed by atoms with E-state index in [2.05, 4.69) is 4.90 Å². The molecule has 2 N–H and O–H groups in total. The Labute approximate surface area is 98.4 Å². The van der Waals surface area contributed by atoms with Gasteiger partial charge in [0.25, 0.3) is 0 Å². The molecule has 0 radical (unpaired) electrons. The Balaban J connectivity index is 1.85. The molecular weight excluding hydrogens is 200 g/mol. The average Bonchev–Trinajstić information content (AvgIpc) is 2.24. The number of likely N-dealkylation sites (tertiary alicyclic amines) is 1. The summed E-state index contributed by atoms with van der Waals surface area (Å²) in [7, 11) is 0. The Morgan fingerprint density at radius 2 is 2.00 bits per heavy atom. The van der Waals surface area contributed by atoms with E-state index in [0.29, 0.717) is 24.4 Å². The van der Waals surface area contributed by atoms with Crippen LogP contribution in [-0.2, 0) is 4.79 Å². The lowest BCUT2D eigenvalue weighted by atomic mass is 9.82. The molecule has 0 spiro atoms. The normalized spacial score (nSPS) is 26.6. The van der Waals surface area contributed by atoms with Crippen molar-refractivity contribution in [1.82, 2.24) is 4.90 Å². The van der Waals surface area contributed by atoms with Gasteiger partial charge in [0.2, 0.25) is 5.91 Å². The van der Waals surface area contributed by atoms with E-state index >= 15 is 0 Å². The molecule has 2 aliphatic rings. The largest absolute Gasteiger partial charge is 0.340 e. The Kier molecular flexibility index (Phi) is 4.22. The maximum absolute atomic E-state index is 12.2. The summed E-state index contributed by atoms with van der Waals surface area (Å²) in [6.45, 7) is 1.67. The first kappa shape index (κ1) is 11.9. The van der Waals surface area contributed by atoms with Gasteiger partial charge in [-0.15, -0.1) is 0 Å². The van der Waals surface area contributed by atoms with Crippen LogP contribution < -0.4 is 5.73 Å². The second-order valence-electron chi connectivity index (χ2n) is 5.32. The molecule has 1 saturated heterocycles. The molecule has 16 heavy (non-hydrogen) atoms. The van der Waals surface area contributed by atoms with E-state index in [9.17, 15) is 4.79 Å². The Bertz CT molecular complexity index is 236. The van der Waals surface area contributed by atoms with Crippen molar-refractivity contribution in [3.63, 3.8) is 0 Å². The molecule has 92 valence electrons. The number of carbonyl (C=O) groups excluding carboxylic acids is 1. The van der Waals surface area contributed by atoms with Gasteiger partial charge in [0.05, 0.1) is 0 Å². The fraction of sp³-hybridized carbons (Fsp3) is 0.923. The molecule has 1 amide bonds. The first-order chi connectivity index (χ1) is 7.81. The summed E-state index contributed by atoms with van der Waals surface area (Å²) in [6.07, 6.45) is 9.23. The predicted molar refractivity (Wildman–Crippen MR) is 65.0 cm³/mol. The van der Waals surface area contributed by atoms with Gasteiger partial charge in [-0.1, -0.05) is 6.42 Å². The van der Waals surface area contributed by atoms with Crippen molar-refractivity contribution in [3.8, 4) is 0 Å². The van der Waals surface area contributed by atoms with Crippen LogP contribution in [0.1, 0.15) is 51.4 Å². The van der Waals surface area contributed by atoms with Gasteiger partial charge in [-0.2, -0.15) is 0 Å². The Morgan fingerprint density at radius 3 is 2.62 bits per heavy atom. The minimum atomic E-state index is 0.392. The van der Waals surface area contributed by atoms with Crippen molar-refractivity contribution >= 4 is 5.91 Å². The van der Waals surface area contributed by atoms with Crippen LogP contribution in [0, 0.1) is 5.92 Å². The highest BCUT2D eigenvalue weighted by molar-refractivity contribution is 5.77. The third-order valence-electron chi connectivity index (χ3n) is 4.14. The van der Waals surface area contributed by atoms with Crippen molar-refractivity contribution < 1.29 is 4.79 Å². The first-order valence-electron chi connectivity index (χ1n) is 6.81. The molecule has 1 heterocycles. The fourth-order valence-electron chi connectivity index (χ4n) is 2.88. The fourth-order valence-corrected chi connectivity index (χ4v) is 2.88. The minimum absolute atomic E-state index is 0.392. The van der Waals surface area contributed by atoms with Crippen LogP contribution >= 0.6 is 0 Å². The van der Waals surface area contributed by atoms with E-state index in [4.69, 9.17) is 5.73 Å². The van der Waals surface area contributed by atoms with Crippen molar-refractivity contribution in [2.24, 2.45) is 11.7 Å². The van der Waals surface area contributed by atoms with Crippen LogP contribution in [-0.4, -0.2) is 29.9 Å². The van der Waals surface area contributed by atoms with Gasteiger partial charge in [0.1, 0.15) is 0 Å². The lowest BCUT2D eigenvalue weighted by molar-refractivity contribution is -0.136. The highest BCUT2D eigenvalue weighted by Gasteiger charge is 2.29. The second kappa shape index (κ2) is 5.67. The van der Waals surface area contributed by atoms with Crippen LogP contribution in [0.5, 0.6) is 0 Å². The molecule has 1 unspecified atom stereocenters. The van der Waals surface area contributed by atoms with Crippen LogP contribution in [0.3, 0.4) is 0 Å². The molecule has 2 fully saturated rings. The maximum atomic E-state index is 12.2. The molecule has 1 saturated carbocycles. The number of rotatable bonds is 4. The SMILES string of the molecule is NCCC1CCCCN1C(=O)CC1CCC1. The zero-order chi connectivity index (χ0) is 11.4. The molecule has 1 aliphatic heterocycles. The highest BCUT2D eigenvalue weighted by Crippen LogP contribution is 2.31. The Hall–Kier alpha value is -0.570. The summed E-state index contributed by atoms with van der Waals surface area (Å²) < 4.78 is 0. The summed E-state index contributed by atoms with van der Waals surface area (Å²) in [5.74, 6) is 1.08. The molecule has 2 rings (SSSR count). The van der Waals surface area contributed by atoms with Crippen LogP contribution in [0.15, 0.2) is 0 Å².